The molecule has 5 heteroatoms. The molecule has 1 aromatic carbocycles. The number of likely N-dealkylation sites (tertiary alicyclic amines) is 1. The number of aryl methyl sites for hydroxylation is 1. The number of nitrogens with zero attached hydrogens (tertiary/aromatic N) is 2. The van der Waals surface area contributed by atoms with Crippen molar-refractivity contribution in [3.05, 3.63) is 41.1 Å². The molecule has 2 aromatic rings. The highest BCUT2D eigenvalue weighted by molar-refractivity contribution is 6.05. The van der Waals surface area contributed by atoms with E-state index in [4.69, 9.17) is 4.74 Å². The Kier molecular flexibility index (Phi) is 5.78. The van der Waals surface area contributed by atoms with Gasteiger partial charge in [-0.2, -0.15) is 0 Å². The summed E-state index contributed by atoms with van der Waals surface area (Å²) in [7, 11) is 0. The maximum absolute atomic E-state index is 12.8. The van der Waals surface area contributed by atoms with Gasteiger partial charge in [0, 0.05) is 24.2 Å². The number of hydrogen-bond donors (Lipinski definition) is 0. The molecule has 1 saturated heterocycles. The minimum absolute atomic E-state index is 0.117. The smallest absolute Gasteiger partial charge is 0.339 e. The number of pyridine rings is 1. The maximum Gasteiger partial charge on any atom is 0.339 e. The van der Waals surface area contributed by atoms with E-state index in [-0.39, 0.29) is 12.5 Å². The normalized spacial score (nSPS) is 19.9. The molecule has 1 aliphatic heterocycles. The average Bonchev–Trinajstić information content (AvgIpc) is 2.64. The number of fused-ring (bicyclic) bond motifs is 1. The second kappa shape index (κ2) is 8.07. The predicted octanol–water partition coefficient (Wildman–Crippen LogP) is 3.77. The molecule has 0 spiro atoms. The summed E-state index contributed by atoms with van der Waals surface area (Å²) in [6.45, 7) is 9.47. The highest BCUT2D eigenvalue weighted by Gasteiger charge is 2.26. The Bertz CT molecular complexity index is 852. The summed E-state index contributed by atoms with van der Waals surface area (Å²) in [5, 5.41) is 0.768. The Labute approximate surface area is 160 Å². The van der Waals surface area contributed by atoms with E-state index in [1.807, 2.05) is 43.0 Å². The van der Waals surface area contributed by atoms with Gasteiger partial charge in [0.1, 0.15) is 0 Å². The van der Waals surface area contributed by atoms with Crippen molar-refractivity contribution in [2.75, 3.05) is 19.7 Å². The molecule has 0 bridgehead atoms. The lowest BCUT2D eigenvalue weighted by atomic mass is 9.92. The lowest BCUT2D eigenvalue weighted by Gasteiger charge is -2.34. The van der Waals surface area contributed by atoms with Gasteiger partial charge in [0.2, 0.25) is 0 Å². The molecule has 1 aromatic heterocycles. The summed E-state index contributed by atoms with van der Waals surface area (Å²) in [4.78, 5) is 31.8. The van der Waals surface area contributed by atoms with E-state index in [9.17, 15) is 9.59 Å². The van der Waals surface area contributed by atoms with Crippen LogP contribution < -0.4 is 0 Å². The number of carbonyl (C=O) groups is 2. The number of esters is 1. The summed E-state index contributed by atoms with van der Waals surface area (Å²) in [5.74, 6) is 0.388. The number of ether oxygens (including phenoxy) is 1. The topological polar surface area (TPSA) is 59.5 Å². The second-order valence-electron chi connectivity index (χ2n) is 7.75. The summed E-state index contributed by atoms with van der Waals surface area (Å²) >= 11 is 0. The molecule has 2 atom stereocenters. The fourth-order valence-electron chi connectivity index (χ4n) is 4.12. The third kappa shape index (κ3) is 4.12. The average molecular weight is 368 g/mol. The van der Waals surface area contributed by atoms with Gasteiger partial charge >= 0.3 is 5.97 Å². The third-order valence-corrected chi connectivity index (χ3v) is 5.32. The second-order valence-corrected chi connectivity index (χ2v) is 7.75. The number of benzene rings is 1. The SMILES string of the molecule is CCc1nc2ccccc2c(C(=O)OCC(=O)N2C[C@H](C)C[C@@H](C)C2)c1C. The molecule has 5 nitrogen and oxygen atoms in total. The van der Waals surface area contributed by atoms with Crippen molar-refractivity contribution in [1.82, 2.24) is 9.88 Å². The van der Waals surface area contributed by atoms with Gasteiger partial charge < -0.3 is 9.64 Å². The van der Waals surface area contributed by atoms with Crippen molar-refractivity contribution in [3.8, 4) is 0 Å². The van der Waals surface area contributed by atoms with E-state index in [0.29, 0.717) is 17.4 Å². The molecule has 0 saturated carbocycles. The zero-order valence-electron chi connectivity index (χ0n) is 16.6. The maximum atomic E-state index is 12.8. The van der Waals surface area contributed by atoms with Gasteiger partial charge in [-0.1, -0.05) is 39.0 Å². The Hall–Kier alpha value is -2.43. The monoisotopic (exact) mass is 368 g/mol. The number of carbonyl (C=O) groups excluding carboxylic acids is 2. The molecular formula is C22H28N2O3. The first-order chi connectivity index (χ1) is 12.9. The van der Waals surface area contributed by atoms with Crippen LogP contribution in [0.15, 0.2) is 24.3 Å². The molecule has 2 heterocycles. The van der Waals surface area contributed by atoms with E-state index < -0.39 is 5.97 Å². The van der Waals surface area contributed by atoms with Crippen molar-refractivity contribution < 1.29 is 14.3 Å². The van der Waals surface area contributed by atoms with E-state index in [1.165, 1.54) is 0 Å². The van der Waals surface area contributed by atoms with Crippen LogP contribution in [0, 0.1) is 18.8 Å². The van der Waals surface area contributed by atoms with E-state index in [1.54, 1.807) is 0 Å². The van der Waals surface area contributed by atoms with Crippen molar-refractivity contribution in [2.45, 2.75) is 40.5 Å². The molecule has 1 aliphatic rings. The Balaban J connectivity index is 1.78. The van der Waals surface area contributed by atoms with Crippen LogP contribution in [0.1, 0.15) is 48.8 Å². The molecule has 0 aliphatic carbocycles. The van der Waals surface area contributed by atoms with Crippen LogP contribution in [0.4, 0.5) is 0 Å². The van der Waals surface area contributed by atoms with Gasteiger partial charge in [-0.3, -0.25) is 9.78 Å². The molecular weight excluding hydrogens is 340 g/mol. The zero-order chi connectivity index (χ0) is 19.6. The molecule has 3 rings (SSSR count). The Morgan fingerprint density at radius 3 is 2.52 bits per heavy atom. The van der Waals surface area contributed by atoms with Crippen LogP contribution in [0.5, 0.6) is 0 Å². The van der Waals surface area contributed by atoms with Gasteiger partial charge in [0.05, 0.1) is 11.1 Å². The number of para-hydroxylation sites is 1. The van der Waals surface area contributed by atoms with Crippen LogP contribution in [0.25, 0.3) is 10.9 Å². The molecule has 144 valence electrons. The number of aromatic nitrogens is 1. The summed E-state index contributed by atoms with van der Waals surface area (Å²) in [5.41, 5.74) is 3.00. The molecule has 1 fully saturated rings. The predicted molar refractivity (Wildman–Crippen MR) is 106 cm³/mol. The highest BCUT2D eigenvalue weighted by atomic mass is 16.5. The Morgan fingerprint density at radius 1 is 1.19 bits per heavy atom. The molecule has 0 radical (unpaired) electrons. The van der Waals surface area contributed by atoms with Crippen molar-refractivity contribution >= 4 is 22.8 Å². The van der Waals surface area contributed by atoms with Crippen LogP contribution >= 0.6 is 0 Å². The molecule has 0 N–H and O–H groups in total. The minimum atomic E-state index is -0.452. The first-order valence-corrected chi connectivity index (χ1v) is 9.73. The van der Waals surface area contributed by atoms with Crippen molar-refractivity contribution in [3.63, 3.8) is 0 Å². The lowest BCUT2D eigenvalue weighted by Crippen LogP contribution is -2.44. The quantitative estimate of drug-likeness (QED) is 0.771. The van der Waals surface area contributed by atoms with Crippen LogP contribution in [0.3, 0.4) is 0 Å². The van der Waals surface area contributed by atoms with Gasteiger partial charge in [-0.25, -0.2) is 4.79 Å². The molecule has 1 amide bonds. The zero-order valence-corrected chi connectivity index (χ0v) is 16.6. The standard InChI is InChI=1S/C22H28N2O3/c1-5-18-16(4)21(17-8-6-7-9-19(17)23-18)22(26)27-13-20(25)24-11-14(2)10-15(3)12-24/h6-9,14-15H,5,10-13H2,1-4H3/t14-,15-/m1/s1. The fraction of sp³-hybridized carbons (Fsp3) is 0.500. The Morgan fingerprint density at radius 2 is 1.85 bits per heavy atom. The van der Waals surface area contributed by atoms with Gasteiger partial charge in [-0.15, -0.1) is 0 Å². The first-order valence-electron chi connectivity index (χ1n) is 9.73. The third-order valence-electron chi connectivity index (χ3n) is 5.32. The minimum Gasteiger partial charge on any atom is -0.452 e. The van der Waals surface area contributed by atoms with Gasteiger partial charge in [-0.05, 0) is 43.2 Å². The van der Waals surface area contributed by atoms with E-state index in [2.05, 4.69) is 18.8 Å². The lowest BCUT2D eigenvalue weighted by molar-refractivity contribution is -0.137. The van der Waals surface area contributed by atoms with Gasteiger partial charge in [0.25, 0.3) is 5.91 Å². The molecule has 27 heavy (non-hydrogen) atoms. The highest BCUT2D eigenvalue weighted by Crippen LogP contribution is 2.25. The molecule has 0 unspecified atom stereocenters. The van der Waals surface area contributed by atoms with Crippen molar-refractivity contribution in [2.24, 2.45) is 11.8 Å². The first kappa shape index (κ1) is 19.3. The summed E-state index contributed by atoms with van der Waals surface area (Å²) < 4.78 is 5.44. The van der Waals surface area contributed by atoms with Crippen molar-refractivity contribution in [1.29, 1.82) is 0 Å². The van der Waals surface area contributed by atoms with Gasteiger partial charge in [0.15, 0.2) is 6.61 Å². The van der Waals surface area contributed by atoms with E-state index in [0.717, 1.165) is 48.1 Å². The summed E-state index contributed by atoms with van der Waals surface area (Å²) in [6.07, 6.45) is 1.87. The number of amides is 1. The van der Waals surface area contributed by atoms with Crippen LogP contribution in [-0.4, -0.2) is 41.5 Å². The summed E-state index contributed by atoms with van der Waals surface area (Å²) in [6, 6.07) is 7.56. The fourth-order valence-corrected chi connectivity index (χ4v) is 4.12. The number of hydrogen-bond acceptors (Lipinski definition) is 4. The largest absolute Gasteiger partial charge is 0.452 e. The van der Waals surface area contributed by atoms with Crippen LogP contribution in [0.2, 0.25) is 0 Å². The van der Waals surface area contributed by atoms with E-state index >= 15 is 0 Å². The van der Waals surface area contributed by atoms with Crippen LogP contribution in [-0.2, 0) is 16.0 Å². The number of rotatable bonds is 4. The number of piperidine rings is 1.